The Morgan fingerprint density at radius 1 is 0.900 bits per heavy atom. The molecule has 1 amide bonds. The molecule has 0 saturated heterocycles. The van der Waals surface area contributed by atoms with Gasteiger partial charge in [0.1, 0.15) is 0 Å². The van der Waals surface area contributed by atoms with E-state index in [1.165, 1.54) is 5.56 Å². The van der Waals surface area contributed by atoms with Gasteiger partial charge in [-0.05, 0) is 23.6 Å². The summed E-state index contributed by atoms with van der Waals surface area (Å²) >= 11 is 0. The van der Waals surface area contributed by atoms with Gasteiger partial charge in [-0.15, -0.1) is 0 Å². The number of carbonyl (C=O) groups is 1. The van der Waals surface area contributed by atoms with Crippen LogP contribution in [0.25, 0.3) is 17.3 Å². The molecule has 0 radical (unpaired) electrons. The van der Waals surface area contributed by atoms with Gasteiger partial charge in [-0.25, -0.2) is 4.98 Å². The molecule has 30 heavy (non-hydrogen) atoms. The number of rotatable bonds is 7. The number of nitrogens with one attached hydrogen (secondary N) is 2. The lowest BCUT2D eigenvalue weighted by atomic mass is 9.99. The number of hydrogen-bond donors (Lipinski definition) is 2. The first-order valence-corrected chi connectivity index (χ1v) is 9.96. The molecule has 1 heterocycles. The van der Waals surface area contributed by atoms with Crippen LogP contribution in [0.3, 0.4) is 0 Å². The van der Waals surface area contributed by atoms with Gasteiger partial charge in [0.25, 0.3) is 0 Å². The second kappa shape index (κ2) is 9.52. The molecule has 4 rings (SSSR count). The Morgan fingerprint density at radius 2 is 1.53 bits per heavy atom. The Morgan fingerprint density at radius 3 is 2.23 bits per heavy atom. The largest absolute Gasteiger partial charge is 0.345 e. The second-order valence-electron chi connectivity index (χ2n) is 7.03. The molecule has 0 fully saturated rings. The lowest BCUT2D eigenvalue weighted by Gasteiger charge is -2.18. The maximum Gasteiger partial charge on any atom is 0.244 e. The fourth-order valence-electron chi connectivity index (χ4n) is 3.42. The fourth-order valence-corrected chi connectivity index (χ4v) is 3.42. The van der Waals surface area contributed by atoms with Crippen LogP contribution < -0.4 is 5.32 Å². The van der Waals surface area contributed by atoms with Crippen LogP contribution >= 0.6 is 0 Å². The van der Waals surface area contributed by atoms with Crippen molar-refractivity contribution in [3.05, 3.63) is 120 Å². The third kappa shape index (κ3) is 4.92. The normalized spacial score (nSPS) is 12.0. The van der Waals surface area contributed by atoms with Gasteiger partial charge in [0.05, 0.1) is 23.8 Å². The molecule has 2 N–H and O–H groups in total. The van der Waals surface area contributed by atoms with Gasteiger partial charge < -0.3 is 10.3 Å². The standard InChI is InChI=1S/C26H23N3O/c30-25(17-16-23-26(28-19-27-23)22-14-8-3-9-15-22)29-24(21-12-6-2-7-13-21)18-20-10-4-1-5-11-20/h1-17,19,24H,18H2,(H,27,28)(H,29,30)/b17-16+. The zero-order valence-corrected chi connectivity index (χ0v) is 16.5. The van der Waals surface area contributed by atoms with Gasteiger partial charge in [0.2, 0.25) is 5.91 Å². The Bertz CT molecular complexity index is 1100. The number of imidazole rings is 1. The number of carbonyl (C=O) groups excluding carboxylic acids is 1. The van der Waals surface area contributed by atoms with Crippen molar-refractivity contribution in [2.45, 2.75) is 12.5 Å². The second-order valence-corrected chi connectivity index (χ2v) is 7.03. The van der Waals surface area contributed by atoms with E-state index in [2.05, 4.69) is 27.4 Å². The first-order valence-electron chi connectivity index (χ1n) is 9.96. The van der Waals surface area contributed by atoms with Gasteiger partial charge in [0, 0.05) is 11.6 Å². The van der Waals surface area contributed by atoms with Crippen molar-refractivity contribution in [2.75, 3.05) is 0 Å². The molecular weight excluding hydrogens is 370 g/mol. The van der Waals surface area contributed by atoms with E-state index in [4.69, 9.17) is 0 Å². The summed E-state index contributed by atoms with van der Waals surface area (Å²) in [6, 6.07) is 30.0. The summed E-state index contributed by atoms with van der Waals surface area (Å²) in [5.41, 5.74) is 4.88. The van der Waals surface area contributed by atoms with Crippen LogP contribution in [-0.2, 0) is 11.2 Å². The number of H-pyrrole nitrogens is 1. The molecule has 1 atom stereocenters. The van der Waals surface area contributed by atoms with Gasteiger partial charge in [-0.2, -0.15) is 0 Å². The zero-order chi connectivity index (χ0) is 20.6. The highest BCUT2D eigenvalue weighted by atomic mass is 16.1. The van der Waals surface area contributed by atoms with Crippen LogP contribution in [0.15, 0.2) is 103 Å². The summed E-state index contributed by atoms with van der Waals surface area (Å²) in [5.74, 6) is -0.145. The Labute approximate surface area is 176 Å². The summed E-state index contributed by atoms with van der Waals surface area (Å²) in [5, 5.41) is 3.14. The van der Waals surface area contributed by atoms with Gasteiger partial charge in [-0.3, -0.25) is 4.79 Å². The minimum absolute atomic E-state index is 0.110. The number of nitrogens with zero attached hydrogens (tertiary/aromatic N) is 1. The Hall–Kier alpha value is -3.92. The predicted octanol–water partition coefficient (Wildman–Crippen LogP) is 5.19. The molecule has 4 nitrogen and oxygen atoms in total. The summed E-state index contributed by atoms with van der Waals surface area (Å²) < 4.78 is 0. The van der Waals surface area contributed by atoms with Gasteiger partial charge in [0.15, 0.2) is 0 Å². The summed E-state index contributed by atoms with van der Waals surface area (Å²) in [7, 11) is 0. The molecule has 0 bridgehead atoms. The fraction of sp³-hybridized carbons (Fsp3) is 0.0769. The first-order chi connectivity index (χ1) is 14.8. The van der Waals surface area contributed by atoms with E-state index in [1.807, 2.05) is 78.9 Å². The molecule has 148 valence electrons. The van der Waals surface area contributed by atoms with Crippen LogP contribution in [0, 0.1) is 0 Å². The third-order valence-corrected chi connectivity index (χ3v) is 4.92. The highest BCUT2D eigenvalue weighted by Gasteiger charge is 2.14. The molecule has 3 aromatic carbocycles. The lowest BCUT2D eigenvalue weighted by Crippen LogP contribution is -2.28. The maximum absolute atomic E-state index is 12.7. The number of benzene rings is 3. The van der Waals surface area contributed by atoms with Crippen molar-refractivity contribution < 1.29 is 4.79 Å². The summed E-state index contributed by atoms with van der Waals surface area (Å²) in [6.45, 7) is 0. The van der Waals surface area contributed by atoms with Crippen molar-refractivity contribution in [3.63, 3.8) is 0 Å². The molecule has 4 heteroatoms. The van der Waals surface area contributed by atoms with Gasteiger partial charge in [-0.1, -0.05) is 91.0 Å². The van der Waals surface area contributed by atoms with E-state index in [0.29, 0.717) is 0 Å². The van der Waals surface area contributed by atoms with Crippen LogP contribution in [0.1, 0.15) is 22.9 Å². The van der Waals surface area contributed by atoms with Gasteiger partial charge >= 0.3 is 0 Å². The van der Waals surface area contributed by atoms with Crippen LogP contribution in [0.4, 0.5) is 0 Å². The molecule has 0 aliphatic heterocycles. The van der Waals surface area contributed by atoms with Crippen LogP contribution in [0.2, 0.25) is 0 Å². The number of aromatic nitrogens is 2. The number of aromatic amines is 1. The summed E-state index contributed by atoms with van der Waals surface area (Å²) in [6.07, 6.45) is 5.70. The van der Waals surface area contributed by atoms with E-state index < -0.39 is 0 Å². The highest BCUT2D eigenvalue weighted by Crippen LogP contribution is 2.21. The smallest absolute Gasteiger partial charge is 0.244 e. The molecule has 0 spiro atoms. The third-order valence-electron chi connectivity index (χ3n) is 4.92. The average molecular weight is 393 g/mol. The highest BCUT2D eigenvalue weighted by molar-refractivity contribution is 5.92. The summed E-state index contributed by atoms with van der Waals surface area (Å²) in [4.78, 5) is 20.2. The number of hydrogen-bond acceptors (Lipinski definition) is 2. The van der Waals surface area contributed by atoms with E-state index >= 15 is 0 Å². The SMILES string of the molecule is O=C(/C=C/c1[nH]cnc1-c1ccccc1)NC(Cc1ccccc1)c1ccccc1. The maximum atomic E-state index is 12.7. The minimum Gasteiger partial charge on any atom is -0.345 e. The molecule has 0 aliphatic carbocycles. The Balaban J connectivity index is 1.50. The van der Waals surface area contributed by atoms with Crippen molar-refractivity contribution in [2.24, 2.45) is 0 Å². The molecule has 0 aliphatic rings. The van der Waals surface area contributed by atoms with E-state index in [9.17, 15) is 4.79 Å². The molecule has 0 saturated carbocycles. The first kappa shape index (κ1) is 19.4. The number of amides is 1. The molecule has 1 unspecified atom stereocenters. The topological polar surface area (TPSA) is 57.8 Å². The monoisotopic (exact) mass is 393 g/mol. The Kier molecular flexibility index (Phi) is 6.16. The van der Waals surface area contributed by atoms with E-state index in [0.717, 1.165) is 28.9 Å². The predicted molar refractivity (Wildman–Crippen MR) is 121 cm³/mol. The molecule has 1 aromatic heterocycles. The van der Waals surface area contributed by atoms with Crippen LogP contribution in [-0.4, -0.2) is 15.9 Å². The quantitative estimate of drug-likeness (QED) is 0.425. The average Bonchev–Trinajstić information content (AvgIpc) is 3.28. The van der Waals surface area contributed by atoms with Crippen molar-refractivity contribution in [1.82, 2.24) is 15.3 Å². The van der Waals surface area contributed by atoms with Crippen LogP contribution in [0.5, 0.6) is 0 Å². The molecular formula is C26H23N3O. The van der Waals surface area contributed by atoms with Crippen molar-refractivity contribution >= 4 is 12.0 Å². The van der Waals surface area contributed by atoms with E-state index in [1.54, 1.807) is 18.5 Å². The lowest BCUT2D eigenvalue weighted by molar-refractivity contribution is -0.117. The minimum atomic E-state index is -0.145. The molecule has 4 aromatic rings. The van der Waals surface area contributed by atoms with E-state index in [-0.39, 0.29) is 11.9 Å². The van der Waals surface area contributed by atoms with Crippen molar-refractivity contribution in [1.29, 1.82) is 0 Å². The zero-order valence-electron chi connectivity index (χ0n) is 16.5. The van der Waals surface area contributed by atoms with Crippen molar-refractivity contribution in [3.8, 4) is 11.3 Å².